The number of carbonyl (C=O) groups excluding carboxylic acids is 1. The average molecular weight is 205 g/mol. The summed E-state index contributed by atoms with van der Waals surface area (Å²) in [5.41, 5.74) is 0. The molecule has 0 heterocycles. The van der Waals surface area contributed by atoms with Gasteiger partial charge in [0.15, 0.2) is 0 Å². The monoisotopic (exact) mass is 205 g/mol. The fourth-order valence-corrected chi connectivity index (χ4v) is 0.364. The number of nitrogens with zero attached hydrogens (tertiary/aromatic N) is 1. The molecule has 0 bridgehead atoms. The number of hydrogen-bond acceptors (Lipinski definition) is 2. The van der Waals surface area contributed by atoms with Gasteiger partial charge in [-0.2, -0.15) is 0 Å². The van der Waals surface area contributed by atoms with Crippen molar-refractivity contribution in [1.29, 1.82) is 0 Å². The average Bonchev–Trinajstić information content (AvgIpc) is 2.25. The highest BCUT2D eigenvalue weighted by Crippen LogP contribution is 1.90. The Morgan fingerprint density at radius 2 is 1.14 bits per heavy atom. The van der Waals surface area contributed by atoms with Crippen molar-refractivity contribution in [3.05, 3.63) is 0 Å². The Morgan fingerprint density at radius 3 is 1.14 bits per heavy atom. The Labute approximate surface area is 91.7 Å². The molecule has 2 nitrogen and oxygen atoms in total. The van der Waals surface area contributed by atoms with Crippen LogP contribution < -0.4 is 0 Å². The van der Waals surface area contributed by atoms with Crippen molar-refractivity contribution in [3.63, 3.8) is 0 Å². The number of carbonyl (C=O) groups is 1. The highest BCUT2D eigenvalue weighted by molar-refractivity contribution is 5.80. The topological polar surface area (TPSA) is 20.3 Å². The largest absolute Gasteiger partial charge is 0.300 e. The number of Topliss-reactive ketones (excluding diaryl/α,β-unsaturated/α-hetero) is 1. The van der Waals surface area contributed by atoms with Gasteiger partial charge in [-0.3, -0.25) is 9.69 Å². The molecule has 0 saturated heterocycles. The predicted molar refractivity (Wildman–Crippen MR) is 67.9 cm³/mol. The Kier molecular flexibility index (Phi) is 38.4. The summed E-state index contributed by atoms with van der Waals surface area (Å²) in [7, 11) is 3.79. The van der Waals surface area contributed by atoms with Crippen LogP contribution in [0.25, 0.3) is 0 Å². The molecule has 14 heavy (non-hydrogen) atoms. The van der Waals surface area contributed by atoms with E-state index in [1.54, 1.807) is 6.92 Å². The highest BCUT2D eigenvalue weighted by atomic mass is 16.1. The van der Waals surface area contributed by atoms with Crippen LogP contribution >= 0.6 is 0 Å². The molecule has 0 saturated carbocycles. The van der Waals surface area contributed by atoms with Crippen molar-refractivity contribution in [3.8, 4) is 0 Å². The lowest BCUT2D eigenvalue weighted by Gasteiger charge is -2.15. The Hall–Kier alpha value is -0.370. The third kappa shape index (κ3) is 22.6. The molecule has 0 amide bonds. The van der Waals surface area contributed by atoms with Gasteiger partial charge >= 0.3 is 0 Å². The van der Waals surface area contributed by atoms with E-state index in [4.69, 9.17) is 0 Å². The van der Waals surface area contributed by atoms with Crippen LogP contribution in [-0.4, -0.2) is 30.8 Å². The van der Waals surface area contributed by atoms with Crippen molar-refractivity contribution >= 4 is 5.78 Å². The zero-order chi connectivity index (χ0) is 12.7. The van der Waals surface area contributed by atoms with Gasteiger partial charge in [0, 0.05) is 0 Å². The lowest BCUT2D eigenvalue weighted by atomic mass is 10.2. The molecule has 0 rings (SSSR count). The minimum atomic E-state index is 0.0648. The minimum absolute atomic E-state index is 0.0648. The van der Waals surface area contributed by atoms with Crippen molar-refractivity contribution in [1.82, 2.24) is 4.90 Å². The molecule has 90 valence electrons. The molecule has 1 unspecified atom stereocenters. The van der Waals surface area contributed by atoms with Crippen molar-refractivity contribution < 1.29 is 4.79 Å². The summed E-state index contributed by atoms with van der Waals surface area (Å²) in [6.07, 6.45) is 0. The van der Waals surface area contributed by atoms with Gasteiger partial charge in [0.05, 0.1) is 6.04 Å². The van der Waals surface area contributed by atoms with Crippen molar-refractivity contribution in [2.75, 3.05) is 14.1 Å². The maximum atomic E-state index is 10.5. The van der Waals surface area contributed by atoms with E-state index in [-0.39, 0.29) is 11.8 Å². The maximum absolute atomic E-state index is 10.5. The fraction of sp³-hybridized carbons (Fsp3) is 0.917. The third-order valence-corrected chi connectivity index (χ3v) is 1.36. The van der Waals surface area contributed by atoms with Gasteiger partial charge in [-0.15, -0.1) is 0 Å². The summed E-state index contributed by atoms with van der Waals surface area (Å²) in [6, 6.07) is 0.0648. The predicted octanol–water partition coefficient (Wildman–Crippen LogP) is 3.60. The van der Waals surface area contributed by atoms with E-state index in [0.717, 1.165) is 0 Å². The van der Waals surface area contributed by atoms with Gasteiger partial charge in [-0.05, 0) is 27.9 Å². The lowest BCUT2D eigenvalue weighted by Crippen LogP contribution is -2.30. The third-order valence-electron chi connectivity index (χ3n) is 1.36. The van der Waals surface area contributed by atoms with Crippen molar-refractivity contribution in [2.24, 2.45) is 0 Å². The second kappa shape index (κ2) is 22.9. The quantitative estimate of drug-likeness (QED) is 0.686. The smallest absolute Gasteiger partial charge is 0.146 e. The van der Waals surface area contributed by atoms with Gasteiger partial charge in [0.2, 0.25) is 0 Å². The highest BCUT2D eigenvalue weighted by Gasteiger charge is 2.07. The lowest BCUT2D eigenvalue weighted by molar-refractivity contribution is -0.120. The first-order valence-electron chi connectivity index (χ1n) is 5.72. The first-order chi connectivity index (χ1) is 6.55. The normalized spacial score (nSPS) is 9.36. The molecule has 0 aliphatic carbocycles. The number of likely N-dealkylation sites (N-methyl/N-ethyl adjacent to an activating group) is 1. The van der Waals surface area contributed by atoms with Crippen LogP contribution in [0, 0.1) is 0 Å². The first kappa shape index (κ1) is 23.4. The van der Waals surface area contributed by atoms with E-state index in [2.05, 4.69) is 0 Å². The second-order valence-corrected chi connectivity index (χ2v) is 2.25. The molecule has 0 aliphatic rings. The first-order valence-corrected chi connectivity index (χ1v) is 5.72. The molecule has 0 aromatic carbocycles. The van der Waals surface area contributed by atoms with Crippen LogP contribution in [0.5, 0.6) is 0 Å². The van der Waals surface area contributed by atoms with Crippen LogP contribution in [0.3, 0.4) is 0 Å². The zero-order valence-electron chi connectivity index (χ0n) is 11.9. The van der Waals surface area contributed by atoms with Gasteiger partial charge in [0.1, 0.15) is 5.78 Å². The van der Waals surface area contributed by atoms with Crippen LogP contribution in [-0.2, 0) is 4.79 Å². The summed E-state index contributed by atoms with van der Waals surface area (Å²) < 4.78 is 0. The van der Waals surface area contributed by atoms with Crippen molar-refractivity contribution in [2.45, 2.75) is 61.4 Å². The standard InChI is InChI=1S/C6H13NO.3C2H6/c1-5(6(2)8)7(3)4;3*1-2/h5H,1-4H3;3*1-2H3. The van der Waals surface area contributed by atoms with Gasteiger partial charge in [0.25, 0.3) is 0 Å². The van der Waals surface area contributed by atoms with Crippen LogP contribution in [0.1, 0.15) is 55.4 Å². The number of rotatable bonds is 2. The zero-order valence-corrected chi connectivity index (χ0v) is 11.9. The molecule has 0 spiro atoms. The molecule has 0 N–H and O–H groups in total. The molecule has 0 fully saturated rings. The van der Waals surface area contributed by atoms with E-state index in [1.165, 1.54) is 0 Å². The van der Waals surface area contributed by atoms with E-state index in [0.29, 0.717) is 0 Å². The summed E-state index contributed by atoms with van der Waals surface area (Å²) in [5.74, 6) is 0.218. The summed E-state index contributed by atoms with van der Waals surface area (Å²) in [4.78, 5) is 12.4. The Bertz CT molecular complexity index is 90.3. The molecule has 0 aromatic heterocycles. The summed E-state index contributed by atoms with van der Waals surface area (Å²) in [6.45, 7) is 15.5. The van der Waals surface area contributed by atoms with Gasteiger partial charge in [-0.1, -0.05) is 41.5 Å². The van der Waals surface area contributed by atoms with Crippen LogP contribution in [0.15, 0.2) is 0 Å². The molecule has 0 aliphatic heterocycles. The second-order valence-electron chi connectivity index (χ2n) is 2.25. The molecule has 0 radical (unpaired) electrons. The van der Waals surface area contributed by atoms with Gasteiger partial charge < -0.3 is 0 Å². The SMILES string of the molecule is CC.CC.CC.CC(=O)C(C)N(C)C. The maximum Gasteiger partial charge on any atom is 0.146 e. The molecule has 1 atom stereocenters. The molecule has 0 aromatic rings. The van der Waals surface area contributed by atoms with E-state index < -0.39 is 0 Å². The summed E-state index contributed by atoms with van der Waals surface area (Å²) in [5, 5.41) is 0. The Balaban J connectivity index is -0.0000000708. The molecule has 2 heteroatoms. The number of hydrogen-bond donors (Lipinski definition) is 0. The Morgan fingerprint density at radius 1 is 0.929 bits per heavy atom. The van der Waals surface area contributed by atoms with Crippen LogP contribution in [0.4, 0.5) is 0 Å². The van der Waals surface area contributed by atoms with Crippen LogP contribution in [0.2, 0.25) is 0 Å². The number of ketones is 1. The van der Waals surface area contributed by atoms with E-state index >= 15 is 0 Å². The van der Waals surface area contributed by atoms with E-state index in [1.807, 2.05) is 67.5 Å². The summed E-state index contributed by atoms with van der Waals surface area (Å²) >= 11 is 0. The van der Waals surface area contributed by atoms with Gasteiger partial charge in [-0.25, -0.2) is 0 Å². The fourth-order valence-electron chi connectivity index (χ4n) is 0.364. The molecular formula is C12H31NO. The molecular weight excluding hydrogens is 174 g/mol. The van der Waals surface area contributed by atoms with E-state index in [9.17, 15) is 4.79 Å². The minimum Gasteiger partial charge on any atom is -0.300 e.